The van der Waals surface area contributed by atoms with Gasteiger partial charge >= 0.3 is 5.97 Å². The minimum Gasteiger partial charge on any atom is -0.496 e. The van der Waals surface area contributed by atoms with Gasteiger partial charge in [0.05, 0.1) is 25.9 Å². The number of amides is 1. The molecule has 29 heavy (non-hydrogen) atoms. The molecule has 0 bridgehead atoms. The number of unbranched alkanes of at least 4 members (excludes halogenated alkanes) is 1. The molecular formula is C23H29NO5. The van der Waals surface area contributed by atoms with Crippen LogP contribution in [0.3, 0.4) is 0 Å². The molecule has 1 amide bonds. The fourth-order valence-corrected chi connectivity index (χ4v) is 2.64. The molecule has 0 aromatic heterocycles. The van der Waals surface area contributed by atoms with E-state index in [0.29, 0.717) is 42.4 Å². The molecule has 2 aromatic rings. The third-order valence-corrected chi connectivity index (χ3v) is 4.26. The maximum absolute atomic E-state index is 12.6. The molecule has 0 saturated heterocycles. The van der Waals surface area contributed by atoms with Crippen molar-refractivity contribution in [2.24, 2.45) is 0 Å². The van der Waals surface area contributed by atoms with Crippen molar-refractivity contribution in [3.8, 4) is 5.75 Å². The molecule has 0 radical (unpaired) electrons. The zero-order valence-corrected chi connectivity index (χ0v) is 17.3. The van der Waals surface area contributed by atoms with Crippen LogP contribution in [0.15, 0.2) is 42.5 Å². The first-order chi connectivity index (χ1) is 14.1. The maximum Gasteiger partial charge on any atom is 0.338 e. The number of methoxy groups -OCH3 is 1. The molecular weight excluding hydrogens is 370 g/mol. The highest BCUT2D eigenvalue weighted by molar-refractivity contribution is 6.04. The summed E-state index contributed by atoms with van der Waals surface area (Å²) >= 11 is 0. The van der Waals surface area contributed by atoms with Crippen molar-refractivity contribution in [3.05, 3.63) is 59.2 Å². The summed E-state index contributed by atoms with van der Waals surface area (Å²) in [4.78, 5) is 24.6. The predicted molar refractivity (Wildman–Crippen MR) is 113 cm³/mol. The summed E-state index contributed by atoms with van der Waals surface area (Å²) in [6.07, 6.45) is 2.73. The molecule has 0 aliphatic carbocycles. The standard InChI is InChI=1S/C23H29NO5/c1-4-6-14-29-23(26)17-7-10-20(11-8-17)24-22(25)18-9-12-21(27-3)19(15-18)16-28-13-5-2/h7-12,15H,4-6,13-14,16H2,1-3H3,(H,24,25). The van der Waals surface area contributed by atoms with E-state index in [-0.39, 0.29) is 11.9 Å². The largest absolute Gasteiger partial charge is 0.496 e. The maximum atomic E-state index is 12.6. The van der Waals surface area contributed by atoms with Crippen LogP contribution in [-0.4, -0.2) is 32.2 Å². The predicted octanol–water partition coefficient (Wildman–Crippen LogP) is 4.83. The Bertz CT molecular complexity index is 801. The van der Waals surface area contributed by atoms with E-state index in [1.54, 1.807) is 49.6 Å². The van der Waals surface area contributed by atoms with E-state index in [4.69, 9.17) is 14.2 Å². The van der Waals surface area contributed by atoms with Gasteiger partial charge in [-0.2, -0.15) is 0 Å². The van der Waals surface area contributed by atoms with Gasteiger partial charge in [0.2, 0.25) is 0 Å². The van der Waals surface area contributed by atoms with Crippen LogP contribution >= 0.6 is 0 Å². The minimum absolute atomic E-state index is 0.248. The van der Waals surface area contributed by atoms with Gasteiger partial charge in [0.15, 0.2) is 0 Å². The van der Waals surface area contributed by atoms with E-state index in [0.717, 1.165) is 24.8 Å². The van der Waals surface area contributed by atoms with Crippen LogP contribution in [0, 0.1) is 0 Å². The monoisotopic (exact) mass is 399 g/mol. The molecule has 0 spiro atoms. The highest BCUT2D eigenvalue weighted by Crippen LogP contribution is 2.22. The number of hydrogen-bond donors (Lipinski definition) is 1. The number of hydrogen-bond acceptors (Lipinski definition) is 5. The first-order valence-electron chi connectivity index (χ1n) is 9.92. The lowest BCUT2D eigenvalue weighted by Crippen LogP contribution is -2.13. The second-order valence-electron chi connectivity index (χ2n) is 6.60. The van der Waals surface area contributed by atoms with Crippen LogP contribution in [0.1, 0.15) is 59.4 Å². The second-order valence-corrected chi connectivity index (χ2v) is 6.60. The third kappa shape index (κ3) is 6.91. The molecule has 156 valence electrons. The van der Waals surface area contributed by atoms with E-state index in [2.05, 4.69) is 5.32 Å². The summed E-state index contributed by atoms with van der Waals surface area (Å²) < 4.78 is 16.1. The number of rotatable bonds is 11. The van der Waals surface area contributed by atoms with Gasteiger partial charge < -0.3 is 19.5 Å². The zero-order chi connectivity index (χ0) is 21.1. The molecule has 0 aliphatic heterocycles. The molecule has 0 fully saturated rings. The SMILES string of the molecule is CCCCOC(=O)c1ccc(NC(=O)c2ccc(OC)c(COCCC)c2)cc1. The number of esters is 1. The normalized spacial score (nSPS) is 10.4. The molecule has 0 heterocycles. The van der Waals surface area contributed by atoms with E-state index in [9.17, 15) is 9.59 Å². The highest BCUT2D eigenvalue weighted by Gasteiger charge is 2.12. The summed E-state index contributed by atoms with van der Waals surface area (Å²) in [6.45, 7) is 5.52. The van der Waals surface area contributed by atoms with Gasteiger partial charge in [0.1, 0.15) is 5.75 Å². The Labute approximate surface area is 172 Å². The number of nitrogens with one attached hydrogen (secondary N) is 1. The van der Waals surface area contributed by atoms with Crippen molar-refractivity contribution >= 4 is 17.6 Å². The first-order valence-corrected chi connectivity index (χ1v) is 9.92. The van der Waals surface area contributed by atoms with Crippen LogP contribution < -0.4 is 10.1 Å². The van der Waals surface area contributed by atoms with E-state index in [1.807, 2.05) is 13.8 Å². The van der Waals surface area contributed by atoms with Crippen molar-refractivity contribution in [1.29, 1.82) is 0 Å². The lowest BCUT2D eigenvalue weighted by atomic mass is 10.1. The topological polar surface area (TPSA) is 73.9 Å². The molecule has 0 aliphatic rings. The van der Waals surface area contributed by atoms with Gasteiger partial charge in [-0.25, -0.2) is 4.79 Å². The van der Waals surface area contributed by atoms with E-state index in [1.165, 1.54) is 0 Å². The van der Waals surface area contributed by atoms with Gasteiger partial charge in [0, 0.05) is 23.4 Å². The Hall–Kier alpha value is -2.86. The quantitative estimate of drug-likeness (QED) is 0.433. The number of ether oxygens (including phenoxy) is 3. The van der Waals surface area contributed by atoms with Crippen molar-refractivity contribution in [2.45, 2.75) is 39.7 Å². The number of carbonyl (C=O) groups is 2. The Morgan fingerprint density at radius 2 is 1.66 bits per heavy atom. The zero-order valence-electron chi connectivity index (χ0n) is 17.3. The smallest absolute Gasteiger partial charge is 0.338 e. The Morgan fingerprint density at radius 3 is 2.31 bits per heavy atom. The van der Waals surface area contributed by atoms with Crippen LogP contribution in [-0.2, 0) is 16.1 Å². The summed E-state index contributed by atoms with van der Waals surface area (Å²) in [5.41, 5.74) is 2.38. The summed E-state index contributed by atoms with van der Waals surface area (Å²) in [7, 11) is 1.59. The van der Waals surface area contributed by atoms with Gasteiger partial charge in [-0.1, -0.05) is 20.3 Å². The second kappa shape index (κ2) is 11.9. The van der Waals surface area contributed by atoms with Crippen LogP contribution in [0.5, 0.6) is 5.75 Å². The summed E-state index contributed by atoms with van der Waals surface area (Å²) in [5.74, 6) is 0.0782. The molecule has 0 atom stereocenters. The average Bonchev–Trinajstić information content (AvgIpc) is 2.74. The molecule has 2 rings (SSSR count). The molecule has 6 heteroatoms. The molecule has 1 N–H and O–H groups in total. The van der Waals surface area contributed by atoms with Gasteiger partial charge in [-0.15, -0.1) is 0 Å². The Morgan fingerprint density at radius 1 is 0.931 bits per heavy atom. The van der Waals surface area contributed by atoms with Gasteiger partial charge in [-0.05, 0) is 55.3 Å². The summed E-state index contributed by atoms with van der Waals surface area (Å²) in [6, 6.07) is 11.9. The van der Waals surface area contributed by atoms with Crippen LogP contribution in [0.25, 0.3) is 0 Å². The highest BCUT2D eigenvalue weighted by atomic mass is 16.5. The lowest BCUT2D eigenvalue weighted by molar-refractivity contribution is 0.0499. The van der Waals surface area contributed by atoms with Crippen molar-refractivity contribution in [3.63, 3.8) is 0 Å². The number of benzene rings is 2. The molecule has 0 unspecified atom stereocenters. The third-order valence-electron chi connectivity index (χ3n) is 4.26. The van der Waals surface area contributed by atoms with Crippen LogP contribution in [0.2, 0.25) is 0 Å². The van der Waals surface area contributed by atoms with Crippen LogP contribution in [0.4, 0.5) is 5.69 Å². The number of carbonyl (C=O) groups excluding carboxylic acids is 2. The Balaban J connectivity index is 2.02. The van der Waals surface area contributed by atoms with E-state index >= 15 is 0 Å². The van der Waals surface area contributed by atoms with Crippen molar-refractivity contribution in [1.82, 2.24) is 0 Å². The van der Waals surface area contributed by atoms with Gasteiger partial charge in [-0.3, -0.25) is 4.79 Å². The Kier molecular flexibility index (Phi) is 9.18. The van der Waals surface area contributed by atoms with Crippen molar-refractivity contribution in [2.75, 3.05) is 25.6 Å². The minimum atomic E-state index is -0.358. The molecule has 0 saturated carbocycles. The fourth-order valence-electron chi connectivity index (χ4n) is 2.64. The van der Waals surface area contributed by atoms with E-state index < -0.39 is 0 Å². The number of anilines is 1. The lowest BCUT2D eigenvalue weighted by Gasteiger charge is -2.12. The molecule has 2 aromatic carbocycles. The van der Waals surface area contributed by atoms with Gasteiger partial charge in [0.25, 0.3) is 5.91 Å². The summed E-state index contributed by atoms with van der Waals surface area (Å²) in [5, 5.41) is 2.84. The fraction of sp³-hybridized carbons (Fsp3) is 0.391. The average molecular weight is 399 g/mol. The molecule has 6 nitrogen and oxygen atoms in total. The van der Waals surface area contributed by atoms with Crippen molar-refractivity contribution < 1.29 is 23.8 Å². The first kappa shape index (κ1) is 22.4.